The van der Waals surface area contributed by atoms with Gasteiger partial charge in [0.25, 0.3) is 0 Å². The summed E-state index contributed by atoms with van der Waals surface area (Å²) in [5.41, 5.74) is -0.857. The number of hydrogen-bond donors (Lipinski definition) is 1. The highest BCUT2D eigenvalue weighted by molar-refractivity contribution is 7.89. The van der Waals surface area contributed by atoms with Crippen LogP contribution in [0, 0.1) is 5.82 Å². The number of sulfonamides is 1. The molecule has 2 rings (SSSR count). The number of hydrogen-bond acceptors (Lipinski definition) is 3. The van der Waals surface area contributed by atoms with Crippen molar-refractivity contribution in [2.45, 2.75) is 11.1 Å². The number of carbonyl (C=O) groups is 1. The third kappa shape index (κ3) is 4.79. The Labute approximate surface area is 147 Å². The minimum Gasteiger partial charge on any atom is -0.325 e. The second kappa shape index (κ2) is 7.42. The standard InChI is InChI=1S/C16H14F4N2O3S/c1-22(10-15(23)21-13-7-5-12(17)6-8-13)26(24,25)14-4-2-3-11(9-14)16(18,19)20/h2-9H,10H2,1H3,(H,21,23). The summed E-state index contributed by atoms with van der Waals surface area (Å²) >= 11 is 0. The molecule has 10 heteroatoms. The van der Waals surface area contributed by atoms with E-state index in [0.29, 0.717) is 10.4 Å². The molecule has 0 bridgehead atoms. The van der Waals surface area contributed by atoms with Crippen molar-refractivity contribution in [3.63, 3.8) is 0 Å². The maximum atomic E-state index is 12.8. The molecule has 0 saturated carbocycles. The van der Waals surface area contributed by atoms with Gasteiger partial charge in [-0.2, -0.15) is 17.5 Å². The van der Waals surface area contributed by atoms with Gasteiger partial charge in [-0.3, -0.25) is 4.79 Å². The van der Waals surface area contributed by atoms with E-state index in [1.165, 1.54) is 12.1 Å². The summed E-state index contributed by atoms with van der Waals surface area (Å²) in [6.07, 6.45) is -4.69. The Hall–Kier alpha value is -2.46. The molecule has 26 heavy (non-hydrogen) atoms. The summed E-state index contributed by atoms with van der Waals surface area (Å²) < 4.78 is 76.4. The quantitative estimate of drug-likeness (QED) is 0.798. The molecule has 0 aliphatic rings. The van der Waals surface area contributed by atoms with Crippen LogP contribution in [0.3, 0.4) is 0 Å². The largest absolute Gasteiger partial charge is 0.416 e. The molecule has 0 spiro atoms. The monoisotopic (exact) mass is 390 g/mol. The highest BCUT2D eigenvalue weighted by atomic mass is 32.2. The van der Waals surface area contributed by atoms with Crippen molar-refractivity contribution in [3.8, 4) is 0 Å². The van der Waals surface area contributed by atoms with Crippen molar-refractivity contribution in [1.29, 1.82) is 0 Å². The fraction of sp³-hybridized carbons (Fsp3) is 0.188. The van der Waals surface area contributed by atoms with Crippen molar-refractivity contribution in [2.24, 2.45) is 0 Å². The molecule has 2 aromatic rings. The number of halogens is 4. The molecule has 0 aliphatic carbocycles. The minimum atomic E-state index is -4.69. The van der Waals surface area contributed by atoms with Crippen LogP contribution in [0.2, 0.25) is 0 Å². The van der Waals surface area contributed by atoms with Gasteiger partial charge >= 0.3 is 6.18 Å². The van der Waals surface area contributed by atoms with Gasteiger partial charge < -0.3 is 5.32 Å². The normalized spacial score (nSPS) is 12.2. The van der Waals surface area contributed by atoms with Gasteiger partial charge in [0.15, 0.2) is 0 Å². The maximum Gasteiger partial charge on any atom is 0.416 e. The zero-order chi connectivity index (χ0) is 19.5. The van der Waals surface area contributed by atoms with E-state index in [4.69, 9.17) is 0 Å². The SMILES string of the molecule is CN(CC(=O)Nc1ccc(F)cc1)S(=O)(=O)c1cccc(C(F)(F)F)c1. The summed E-state index contributed by atoms with van der Waals surface area (Å²) in [5, 5.41) is 2.37. The number of benzene rings is 2. The number of amides is 1. The Balaban J connectivity index is 2.13. The van der Waals surface area contributed by atoms with Gasteiger partial charge in [0.05, 0.1) is 17.0 Å². The van der Waals surface area contributed by atoms with Crippen LogP contribution < -0.4 is 5.32 Å². The van der Waals surface area contributed by atoms with Crippen LogP contribution in [0.15, 0.2) is 53.4 Å². The Bertz CT molecular complexity index is 896. The number of likely N-dealkylation sites (N-methyl/N-ethyl adjacent to an activating group) is 1. The fourth-order valence-electron chi connectivity index (χ4n) is 2.03. The van der Waals surface area contributed by atoms with Crippen LogP contribution in [0.4, 0.5) is 23.2 Å². The van der Waals surface area contributed by atoms with Crippen molar-refractivity contribution < 1.29 is 30.8 Å². The lowest BCUT2D eigenvalue weighted by atomic mass is 10.2. The average Bonchev–Trinajstić information content (AvgIpc) is 2.56. The van der Waals surface area contributed by atoms with E-state index in [9.17, 15) is 30.8 Å². The van der Waals surface area contributed by atoms with E-state index in [1.807, 2.05) is 0 Å². The number of alkyl halides is 3. The van der Waals surface area contributed by atoms with E-state index in [-0.39, 0.29) is 5.69 Å². The van der Waals surface area contributed by atoms with Crippen LogP contribution >= 0.6 is 0 Å². The third-order valence-corrected chi connectivity index (χ3v) is 5.16. The van der Waals surface area contributed by atoms with Crippen molar-refractivity contribution in [2.75, 3.05) is 18.9 Å². The highest BCUT2D eigenvalue weighted by Gasteiger charge is 2.32. The number of carbonyl (C=O) groups excluding carboxylic acids is 1. The number of anilines is 1. The molecular formula is C16H14F4N2O3S. The first-order valence-corrected chi connectivity index (χ1v) is 8.63. The lowest BCUT2D eigenvalue weighted by Crippen LogP contribution is -2.35. The predicted octanol–water partition coefficient (Wildman–Crippen LogP) is 3.10. The summed E-state index contributed by atoms with van der Waals surface area (Å²) in [7, 11) is -3.23. The summed E-state index contributed by atoms with van der Waals surface area (Å²) in [6.45, 7) is -0.629. The van der Waals surface area contributed by atoms with Crippen molar-refractivity contribution >= 4 is 21.6 Å². The zero-order valence-corrected chi connectivity index (χ0v) is 14.2. The lowest BCUT2D eigenvalue weighted by Gasteiger charge is -2.18. The topological polar surface area (TPSA) is 66.5 Å². The van der Waals surface area contributed by atoms with E-state index in [1.54, 1.807) is 0 Å². The zero-order valence-electron chi connectivity index (χ0n) is 13.4. The number of rotatable bonds is 5. The van der Waals surface area contributed by atoms with Gasteiger partial charge in [-0.1, -0.05) is 6.07 Å². The first-order chi connectivity index (χ1) is 12.0. The van der Waals surface area contributed by atoms with Crippen LogP contribution in [0.1, 0.15) is 5.56 Å². The Morgan fingerprint density at radius 1 is 1.12 bits per heavy atom. The molecule has 1 amide bonds. The predicted molar refractivity (Wildman–Crippen MR) is 86.3 cm³/mol. The fourth-order valence-corrected chi connectivity index (χ4v) is 3.21. The van der Waals surface area contributed by atoms with Crippen LogP contribution in [-0.2, 0) is 21.0 Å². The molecule has 0 saturated heterocycles. The van der Waals surface area contributed by atoms with Crippen molar-refractivity contribution in [3.05, 3.63) is 59.9 Å². The molecule has 0 atom stereocenters. The van der Waals surface area contributed by atoms with Crippen LogP contribution in [-0.4, -0.2) is 32.2 Å². The molecule has 140 valence electrons. The minimum absolute atomic E-state index is 0.251. The maximum absolute atomic E-state index is 12.8. The Morgan fingerprint density at radius 2 is 1.73 bits per heavy atom. The molecule has 1 N–H and O–H groups in total. The number of nitrogens with one attached hydrogen (secondary N) is 1. The van der Waals surface area contributed by atoms with Gasteiger partial charge in [0, 0.05) is 12.7 Å². The van der Waals surface area contributed by atoms with Gasteiger partial charge in [0.1, 0.15) is 5.82 Å². The molecule has 0 heterocycles. The van der Waals surface area contributed by atoms with Gasteiger partial charge in [-0.25, -0.2) is 12.8 Å². The molecule has 2 aromatic carbocycles. The number of nitrogens with zero attached hydrogens (tertiary/aromatic N) is 1. The molecule has 0 unspecified atom stereocenters. The van der Waals surface area contributed by atoms with Gasteiger partial charge in [-0.15, -0.1) is 0 Å². The Morgan fingerprint density at radius 3 is 2.31 bits per heavy atom. The molecule has 0 radical (unpaired) electrons. The van der Waals surface area contributed by atoms with Crippen LogP contribution in [0.5, 0.6) is 0 Å². The third-order valence-electron chi connectivity index (χ3n) is 3.36. The molecule has 0 aromatic heterocycles. The molecule has 0 fully saturated rings. The average molecular weight is 390 g/mol. The molecular weight excluding hydrogens is 376 g/mol. The van der Waals surface area contributed by atoms with Crippen molar-refractivity contribution in [1.82, 2.24) is 4.31 Å². The summed E-state index contributed by atoms with van der Waals surface area (Å²) in [5.74, 6) is -1.23. The Kier molecular flexibility index (Phi) is 5.67. The second-order valence-electron chi connectivity index (χ2n) is 5.34. The second-order valence-corrected chi connectivity index (χ2v) is 7.39. The first kappa shape index (κ1) is 19.9. The van der Waals surface area contributed by atoms with E-state index in [2.05, 4.69) is 5.32 Å². The summed E-state index contributed by atoms with van der Waals surface area (Å²) in [6, 6.07) is 8.03. The lowest BCUT2D eigenvalue weighted by molar-refractivity contribution is -0.137. The molecule has 5 nitrogen and oxygen atoms in total. The van der Waals surface area contributed by atoms with E-state index in [0.717, 1.165) is 37.4 Å². The van der Waals surface area contributed by atoms with E-state index < -0.39 is 44.9 Å². The van der Waals surface area contributed by atoms with E-state index >= 15 is 0 Å². The van der Waals surface area contributed by atoms with Gasteiger partial charge in [-0.05, 0) is 42.5 Å². The first-order valence-electron chi connectivity index (χ1n) is 7.19. The summed E-state index contributed by atoms with van der Waals surface area (Å²) in [4.78, 5) is 11.3. The highest BCUT2D eigenvalue weighted by Crippen LogP contribution is 2.31. The molecule has 0 aliphatic heterocycles. The van der Waals surface area contributed by atoms with Gasteiger partial charge in [0.2, 0.25) is 15.9 Å². The van der Waals surface area contributed by atoms with Crippen LogP contribution in [0.25, 0.3) is 0 Å². The smallest absolute Gasteiger partial charge is 0.325 e.